The smallest absolute Gasteiger partial charge is 0.0447 e. The molecule has 82 valence electrons. The van der Waals surface area contributed by atoms with Gasteiger partial charge in [0.25, 0.3) is 0 Å². The molecule has 2 atom stereocenters. The summed E-state index contributed by atoms with van der Waals surface area (Å²) >= 11 is 0. The van der Waals surface area contributed by atoms with Crippen molar-refractivity contribution in [2.75, 3.05) is 0 Å². The summed E-state index contributed by atoms with van der Waals surface area (Å²) in [7, 11) is 0. The fraction of sp³-hybridized carbons (Fsp3) is 0.615. The van der Waals surface area contributed by atoms with E-state index in [9.17, 15) is 0 Å². The fourth-order valence-electron chi connectivity index (χ4n) is 2.18. The summed E-state index contributed by atoms with van der Waals surface area (Å²) in [5.41, 5.74) is 7.35. The number of hydrogen-bond donors (Lipinski definition) is 1. The van der Waals surface area contributed by atoms with E-state index in [1.54, 1.807) is 0 Å². The fourth-order valence-corrected chi connectivity index (χ4v) is 2.18. The van der Waals surface area contributed by atoms with Crippen LogP contribution in [0.1, 0.15) is 44.2 Å². The summed E-state index contributed by atoms with van der Waals surface area (Å²) in [6.45, 7) is 2.19. The Morgan fingerprint density at radius 3 is 2.80 bits per heavy atom. The Labute approximate surface area is 91.9 Å². The molecule has 0 radical (unpaired) electrons. The van der Waals surface area contributed by atoms with Crippen molar-refractivity contribution in [3.8, 4) is 0 Å². The number of pyridine rings is 1. The molecule has 2 unspecified atom stereocenters. The van der Waals surface area contributed by atoms with E-state index in [1.807, 2.05) is 18.3 Å². The zero-order valence-electron chi connectivity index (χ0n) is 9.39. The van der Waals surface area contributed by atoms with Crippen LogP contribution in [0.15, 0.2) is 24.4 Å². The predicted octanol–water partition coefficient (Wildman–Crippen LogP) is 2.70. The average molecular weight is 204 g/mol. The van der Waals surface area contributed by atoms with Gasteiger partial charge in [-0.3, -0.25) is 4.98 Å². The molecule has 1 aromatic rings. The van der Waals surface area contributed by atoms with Gasteiger partial charge in [0.05, 0.1) is 0 Å². The lowest BCUT2D eigenvalue weighted by Gasteiger charge is -2.30. The summed E-state index contributed by atoms with van der Waals surface area (Å²) in [5.74, 6) is 1.26. The van der Waals surface area contributed by atoms with Crippen molar-refractivity contribution in [2.45, 2.75) is 44.6 Å². The Bertz CT molecular complexity index is 293. The summed E-state index contributed by atoms with van der Waals surface area (Å²) in [4.78, 5) is 4.37. The van der Waals surface area contributed by atoms with E-state index < -0.39 is 0 Å². The van der Waals surface area contributed by atoms with Crippen LogP contribution in [0.5, 0.6) is 0 Å². The molecule has 0 bridgehead atoms. The molecule has 2 heteroatoms. The van der Waals surface area contributed by atoms with Crippen molar-refractivity contribution in [3.63, 3.8) is 0 Å². The zero-order chi connectivity index (χ0) is 10.7. The highest BCUT2D eigenvalue weighted by atomic mass is 14.7. The first kappa shape index (κ1) is 10.6. The van der Waals surface area contributed by atoms with Crippen LogP contribution in [0, 0.1) is 5.92 Å². The van der Waals surface area contributed by atoms with Gasteiger partial charge in [0.15, 0.2) is 0 Å². The van der Waals surface area contributed by atoms with Crippen molar-refractivity contribution in [1.82, 2.24) is 4.98 Å². The third-order valence-electron chi connectivity index (χ3n) is 3.63. The van der Waals surface area contributed by atoms with Crippen LogP contribution >= 0.6 is 0 Å². The number of rotatable bonds is 4. The molecular formula is C13H20N2. The van der Waals surface area contributed by atoms with Crippen molar-refractivity contribution in [3.05, 3.63) is 30.1 Å². The Kier molecular flexibility index (Phi) is 3.37. The Balaban J connectivity index is 1.91. The highest BCUT2D eigenvalue weighted by molar-refractivity contribution is 5.10. The van der Waals surface area contributed by atoms with Gasteiger partial charge in [0, 0.05) is 23.9 Å². The summed E-state index contributed by atoms with van der Waals surface area (Å²) in [5, 5.41) is 0. The lowest BCUT2D eigenvalue weighted by Crippen LogP contribution is -2.31. The largest absolute Gasteiger partial charge is 0.327 e. The molecule has 1 heterocycles. The Hall–Kier alpha value is -0.890. The summed E-state index contributed by atoms with van der Waals surface area (Å²) in [6, 6.07) is 6.33. The maximum absolute atomic E-state index is 6.22. The standard InChI is InChI=1S/C13H20N2/c1-10(13-7-2-3-8-15-13)12(14)9-11-5-4-6-11/h2-3,7-8,10-12H,4-6,9,14H2,1H3. The zero-order valence-corrected chi connectivity index (χ0v) is 9.39. The van der Waals surface area contributed by atoms with Crippen LogP contribution in [0.25, 0.3) is 0 Å². The minimum atomic E-state index is 0.269. The average Bonchev–Trinajstić information content (AvgIpc) is 2.23. The van der Waals surface area contributed by atoms with Gasteiger partial charge in [-0.15, -0.1) is 0 Å². The van der Waals surface area contributed by atoms with Crippen molar-refractivity contribution in [1.29, 1.82) is 0 Å². The van der Waals surface area contributed by atoms with E-state index in [1.165, 1.54) is 19.3 Å². The number of hydrogen-bond acceptors (Lipinski definition) is 2. The second kappa shape index (κ2) is 4.75. The first-order valence-electron chi connectivity index (χ1n) is 5.94. The molecule has 0 amide bonds. The van der Waals surface area contributed by atoms with Crippen LogP contribution < -0.4 is 5.73 Å². The number of aromatic nitrogens is 1. The van der Waals surface area contributed by atoms with Crippen LogP contribution in [-0.2, 0) is 0 Å². The van der Waals surface area contributed by atoms with Crippen molar-refractivity contribution in [2.24, 2.45) is 11.7 Å². The summed E-state index contributed by atoms with van der Waals surface area (Å²) < 4.78 is 0. The van der Waals surface area contributed by atoms with E-state index >= 15 is 0 Å². The molecule has 1 aromatic heterocycles. The molecule has 2 nitrogen and oxygen atoms in total. The van der Waals surface area contributed by atoms with Crippen molar-refractivity contribution >= 4 is 0 Å². The maximum Gasteiger partial charge on any atom is 0.0447 e. The molecule has 2 rings (SSSR count). The lowest BCUT2D eigenvalue weighted by molar-refractivity contribution is 0.266. The molecule has 2 N–H and O–H groups in total. The molecule has 1 fully saturated rings. The van der Waals surface area contributed by atoms with E-state index in [0.717, 1.165) is 18.0 Å². The highest BCUT2D eigenvalue weighted by Crippen LogP contribution is 2.32. The predicted molar refractivity (Wildman–Crippen MR) is 62.6 cm³/mol. The minimum Gasteiger partial charge on any atom is -0.327 e. The number of nitrogens with two attached hydrogens (primary N) is 1. The topological polar surface area (TPSA) is 38.9 Å². The quantitative estimate of drug-likeness (QED) is 0.819. The van der Waals surface area contributed by atoms with E-state index in [-0.39, 0.29) is 6.04 Å². The summed E-state index contributed by atoms with van der Waals surface area (Å²) in [6.07, 6.45) is 7.17. The molecular weight excluding hydrogens is 184 g/mol. The van der Waals surface area contributed by atoms with Gasteiger partial charge in [0.2, 0.25) is 0 Å². The highest BCUT2D eigenvalue weighted by Gasteiger charge is 2.24. The Morgan fingerprint density at radius 1 is 1.47 bits per heavy atom. The first-order valence-corrected chi connectivity index (χ1v) is 5.94. The monoisotopic (exact) mass is 204 g/mol. The molecule has 1 aliphatic carbocycles. The minimum absolute atomic E-state index is 0.269. The molecule has 1 aliphatic rings. The molecule has 0 aromatic carbocycles. The lowest BCUT2D eigenvalue weighted by atomic mass is 9.78. The van der Waals surface area contributed by atoms with Crippen LogP contribution in [0.2, 0.25) is 0 Å². The van der Waals surface area contributed by atoms with Gasteiger partial charge in [-0.05, 0) is 24.5 Å². The van der Waals surface area contributed by atoms with Gasteiger partial charge in [-0.25, -0.2) is 0 Å². The van der Waals surface area contributed by atoms with Gasteiger partial charge in [0.1, 0.15) is 0 Å². The third kappa shape index (κ3) is 2.57. The molecule has 0 spiro atoms. The molecule has 15 heavy (non-hydrogen) atoms. The van der Waals surface area contributed by atoms with E-state index in [2.05, 4.69) is 18.0 Å². The number of nitrogens with zero attached hydrogens (tertiary/aromatic N) is 1. The Morgan fingerprint density at radius 2 is 2.27 bits per heavy atom. The first-order chi connectivity index (χ1) is 7.27. The maximum atomic E-state index is 6.22. The normalized spacial score (nSPS) is 20.7. The van der Waals surface area contributed by atoms with Gasteiger partial charge < -0.3 is 5.73 Å². The SMILES string of the molecule is CC(c1ccccn1)C(N)CC1CCC1. The third-order valence-corrected chi connectivity index (χ3v) is 3.63. The van der Waals surface area contributed by atoms with Crippen LogP contribution in [0.4, 0.5) is 0 Å². The van der Waals surface area contributed by atoms with Crippen molar-refractivity contribution < 1.29 is 0 Å². The molecule has 1 saturated carbocycles. The van der Waals surface area contributed by atoms with E-state index in [4.69, 9.17) is 5.73 Å². The second-order valence-corrected chi connectivity index (χ2v) is 4.74. The second-order valence-electron chi connectivity index (χ2n) is 4.74. The van der Waals surface area contributed by atoms with Gasteiger partial charge in [-0.1, -0.05) is 32.3 Å². The van der Waals surface area contributed by atoms with E-state index in [0.29, 0.717) is 5.92 Å². The van der Waals surface area contributed by atoms with Gasteiger partial charge >= 0.3 is 0 Å². The van der Waals surface area contributed by atoms with Gasteiger partial charge in [-0.2, -0.15) is 0 Å². The molecule has 0 aliphatic heterocycles. The van der Waals surface area contributed by atoms with Crippen LogP contribution in [0.3, 0.4) is 0 Å². The van der Waals surface area contributed by atoms with Crippen LogP contribution in [-0.4, -0.2) is 11.0 Å². The molecule has 0 saturated heterocycles.